The van der Waals surface area contributed by atoms with Gasteiger partial charge in [-0.1, -0.05) is 6.07 Å². The minimum Gasteiger partial charge on any atom is -0.609 e. The molecule has 1 N–H and O–H groups in total. The molecule has 5 rings (SSSR count). The fraction of sp³-hybridized carbons (Fsp3) is 0.500. The molecule has 2 aliphatic heterocycles. The van der Waals surface area contributed by atoms with Gasteiger partial charge in [0.15, 0.2) is 11.5 Å². The zero-order chi connectivity index (χ0) is 23.8. The van der Waals surface area contributed by atoms with E-state index in [4.69, 9.17) is 23.7 Å². The van der Waals surface area contributed by atoms with E-state index >= 15 is 0 Å². The van der Waals surface area contributed by atoms with Gasteiger partial charge in [-0.2, -0.15) is 4.98 Å². The Morgan fingerprint density at radius 2 is 1.88 bits per heavy atom. The number of imidazole rings is 1. The van der Waals surface area contributed by atoms with Crippen LogP contribution in [0, 0.1) is 13.8 Å². The molecule has 2 aromatic heterocycles. The van der Waals surface area contributed by atoms with Gasteiger partial charge in [-0.3, -0.25) is 9.97 Å². The van der Waals surface area contributed by atoms with E-state index in [0.29, 0.717) is 56.1 Å². The average Bonchev–Trinajstić information content (AvgIpc) is 3.46. The molecule has 34 heavy (non-hydrogen) atoms. The zero-order valence-electron chi connectivity index (χ0n) is 19.6. The molecule has 1 spiro atoms. The quantitative estimate of drug-likeness (QED) is 0.506. The number of aromatic amines is 1. The van der Waals surface area contributed by atoms with Crippen molar-refractivity contribution in [3.63, 3.8) is 0 Å². The predicted molar refractivity (Wildman–Crippen MR) is 125 cm³/mol. The maximum atomic E-state index is 13.0. The van der Waals surface area contributed by atoms with E-state index in [9.17, 15) is 4.55 Å². The third-order valence-corrected chi connectivity index (χ3v) is 7.34. The fourth-order valence-corrected chi connectivity index (χ4v) is 5.12. The predicted octanol–water partition coefficient (Wildman–Crippen LogP) is 3.16. The summed E-state index contributed by atoms with van der Waals surface area (Å²) in [5.74, 6) is -0.606. The van der Waals surface area contributed by atoms with E-state index in [0.717, 1.165) is 22.2 Å². The first kappa shape index (κ1) is 23.5. The summed E-state index contributed by atoms with van der Waals surface area (Å²) in [5.41, 5.74) is 4.35. The first-order chi connectivity index (χ1) is 16.3. The molecule has 2 aliphatic rings. The molecule has 4 heterocycles. The van der Waals surface area contributed by atoms with Crippen LogP contribution < -0.4 is 4.74 Å². The van der Waals surface area contributed by atoms with E-state index in [1.165, 1.54) is 0 Å². The molecule has 0 aliphatic carbocycles. The van der Waals surface area contributed by atoms with Crippen molar-refractivity contribution in [3.8, 4) is 5.75 Å². The average molecular weight is 488 g/mol. The summed E-state index contributed by atoms with van der Waals surface area (Å²) in [7, 11) is 0. The first-order valence-corrected chi connectivity index (χ1v) is 12.6. The molecular formula is C24H29N3O6S. The molecule has 0 radical (unpaired) electrons. The van der Waals surface area contributed by atoms with Gasteiger partial charge in [-0.05, 0) is 44.5 Å². The summed E-state index contributed by atoms with van der Waals surface area (Å²) in [4.78, 5) is 12.1. The fourth-order valence-electron chi connectivity index (χ4n) is 4.02. The van der Waals surface area contributed by atoms with Crippen LogP contribution in [0.4, 0.5) is 0 Å². The summed E-state index contributed by atoms with van der Waals surface area (Å²) in [6.45, 7) is 7.97. The van der Waals surface area contributed by atoms with Crippen molar-refractivity contribution in [3.05, 3.63) is 47.3 Å². The number of rotatable bonds is 7. The van der Waals surface area contributed by atoms with Crippen LogP contribution in [0.1, 0.15) is 30.2 Å². The first-order valence-electron chi connectivity index (χ1n) is 11.3. The van der Waals surface area contributed by atoms with Crippen LogP contribution in [0.25, 0.3) is 11.0 Å². The van der Waals surface area contributed by atoms with Crippen molar-refractivity contribution >= 4 is 22.2 Å². The van der Waals surface area contributed by atoms with Gasteiger partial charge in [0.05, 0.1) is 36.5 Å². The lowest BCUT2D eigenvalue weighted by atomic mass is 10.2. The van der Waals surface area contributed by atoms with E-state index < -0.39 is 22.8 Å². The Bertz CT molecular complexity index is 1150. The van der Waals surface area contributed by atoms with Crippen molar-refractivity contribution in [1.29, 1.82) is 0 Å². The van der Waals surface area contributed by atoms with Crippen molar-refractivity contribution in [2.24, 2.45) is 0 Å². The van der Waals surface area contributed by atoms with Crippen molar-refractivity contribution < 1.29 is 28.2 Å². The van der Waals surface area contributed by atoms with Crippen LogP contribution in [-0.4, -0.2) is 64.1 Å². The number of benzene rings is 1. The van der Waals surface area contributed by atoms with E-state index in [1.54, 1.807) is 6.20 Å². The van der Waals surface area contributed by atoms with Gasteiger partial charge >= 0.3 is 5.16 Å². The number of H-pyrrole nitrogens is 1. The molecule has 0 bridgehead atoms. The second-order valence-corrected chi connectivity index (χ2v) is 10.2. The largest absolute Gasteiger partial charge is 0.609 e. The Hall–Kier alpha value is -2.21. The number of fused-ring (bicyclic) bond motifs is 1. The molecule has 1 unspecified atom stereocenters. The lowest BCUT2D eigenvalue weighted by molar-refractivity contribution is -0.358. The minimum absolute atomic E-state index is 0.244. The molecule has 2 fully saturated rings. The summed E-state index contributed by atoms with van der Waals surface area (Å²) in [6.07, 6.45) is 2.20. The van der Waals surface area contributed by atoms with Crippen LogP contribution >= 0.6 is 0 Å². The topological polar surface area (TPSA) is 111 Å². The number of aryl methyl sites for hydroxylation is 1. The Labute approximate surface area is 201 Å². The number of aromatic nitrogens is 3. The highest BCUT2D eigenvalue weighted by Crippen LogP contribution is 2.32. The summed E-state index contributed by atoms with van der Waals surface area (Å²) in [5, 5.41) is 0.445. The molecule has 0 amide bonds. The molecule has 9 nitrogen and oxygen atoms in total. The Balaban J connectivity index is 1.18. The lowest BCUT2D eigenvalue weighted by Gasteiger charge is -2.41. The lowest BCUT2D eigenvalue weighted by Crippen LogP contribution is -2.53. The molecule has 1 atom stereocenters. The normalized spacial score (nSPS) is 20.1. The van der Waals surface area contributed by atoms with E-state index in [1.807, 2.05) is 45.0 Å². The molecule has 182 valence electrons. The third kappa shape index (κ3) is 4.93. The monoisotopic (exact) mass is 487 g/mol. The molecule has 0 saturated carbocycles. The van der Waals surface area contributed by atoms with Gasteiger partial charge in [0.1, 0.15) is 19.0 Å². The Kier molecular flexibility index (Phi) is 6.54. The summed E-state index contributed by atoms with van der Waals surface area (Å²) in [6, 6.07) is 7.73. The second-order valence-electron chi connectivity index (χ2n) is 8.85. The smallest absolute Gasteiger partial charge is 0.322 e. The number of pyridine rings is 1. The van der Waals surface area contributed by atoms with Gasteiger partial charge in [0.2, 0.25) is 5.79 Å². The van der Waals surface area contributed by atoms with Crippen molar-refractivity contribution in [2.75, 3.05) is 33.0 Å². The van der Waals surface area contributed by atoms with Crippen molar-refractivity contribution in [1.82, 2.24) is 15.0 Å². The molecule has 10 heteroatoms. The number of nitrogens with one attached hydrogen (secondary N) is 1. The SMILES string of the molecule is Cc1ccc2[nH]c([S+]([O-])Cc3nccc(OCCC4(C)OCC5(CO4)OCCO5)c3C)nc2c1. The molecule has 2 saturated heterocycles. The van der Waals surface area contributed by atoms with E-state index in [-0.39, 0.29) is 5.75 Å². The number of nitrogens with zero attached hydrogens (tertiary/aromatic N) is 2. The van der Waals surface area contributed by atoms with Gasteiger partial charge in [0, 0.05) is 29.4 Å². The van der Waals surface area contributed by atoms with Crippen LogP contribution in [0.3, 0.4) is 0 Å². The van der Waals surface area contributed by atoms with E-state index in [2.05, 4.69) is 15.0 Å². The zero-order valence-corrected chi connectivity index (χ0v) is 20.4. The maximum absolute atomic E-state index is 13.0. The van der Waals surface area contributed by atoms with Gasteiger partial charge in [0.25, 0.3) is 0 Å². The second kappa shape index (κ2) is 9.44. The number of ether oxygens (including phenoxy) is 5. The van der Waals surface area contributed by atoms with Gasteiger partial charge in [-0.25, -0.2) is 0 Å². The number of hydrogen-bond acceptors (Lipinski definition) is 8. The standard InChI is InChI=1S/C24H29N3O6S/c1-16-4-5-18-19(12-16)27-22(26-18)34(28)13-20-17(2)21(6-8-25-20)29-9-7-23(3)32-14-24(15-33-23)30-10-11-31-24/h4-6,8,12H,7,9-11,13-15H2,1-3H3,(H,26,27). The molecule has 1 aromatic carbocycles. The minimum atomic E-state index is -1.36. The Morgan fingerprint density at radius 1 is 1.12 bits per heavy atom. The highest BCUT2D eigenvalue weighted by atomic mass is 32.2. The van der Waals surface area contributed by atoms with Crippen LogP contribution in [0.5, 0.6) is 5.75 Å². The van der Waals surface area contributed by atoms with Crippen LogP contribution in [-0.2, 0) is 35.9 Å². The number of hydrogen-bond donors (Lipinski definition) is 1. The van der Waals surface area contributed by atoms with Gasteiger partial charge < -0.3 is 28.2 Å². The molecular weight excluding hydrogens is 458 g/mol. The Morgan fingerprint density at radius 3 is 2.65 bits per heavy atom. The van der Waals surface area contributed by atoms with Crippen LogP contribution in [0.15, 0.2) is 35.6 Å². The van der Waals surface area contributed by atoms with Crippen molar-refractivity contribution in [2.45, 2.75) is 49.7 Å². The van der Waals surface area contributed by atoms with Gasteiger partial charge in [-0.15, -0.1) is 0 Å². The summed E-state index contributed by atoms with van der Waals surface area (Å²) < 4.78 is 42.1. The third-order valence-electron chi connectivity index (χ3n) is 6.18. The highest BCUT2D eigenvalue weighted by Gasteiger charge is 2.46. The maximum Gasteiger partial charge on any atom is 0.322 e. The van der Waals surface area contributed by atoms with Crippen LogP contribution in [0.2, 0.25) is 0 Å². The highest BCUT2D eigenvalue weighted by molar-refractivity contribution is 7.90. The summed E-state index contributed by atoms with van der Waals surface area (Å²) >= 11 is -1.36. The molecule has 3 aromatic rings.